The van der Waals surface area contributed by atoms with Gasteiger partial charge in [-0.15, -0.1) is 0 Å². The summed E-state index contributed by atoms with van der Waals surface area (Å²) in [6.45, 7) is 1.57. The fourth-order valence-electron chi connectivity index (χ4n) is 2.00. The molecule has 5 nitrogen and oxygen atoms in total. The monoisotopic (exact) mass is 223 g/mol. The number of ether oxygens (including phenoxy) is 2. The Morgan fingerprint density at radius 1 is 1.25 bits per heavy atom. The molecule has 1 saturated heterocycles. The molecule has 0 aliphatic carbocycles. The Labute approximate surface area is 95.2 Å². The molecule has 88 valence electrons. The molecule has 1 fully saturated rings. The van der Waals surface area contributed by atoms with Gasteiger partial charge in [-0.3, -0.25) is 0 Å². The summed E-state index contributed by atoms with van der Waals surface area (Å²) in [5.41, 5.74) is 5.66. The highest BCUT2D eigenvalue weighted by Crippen LogP contribution is 2.22. The predicted molar refractivity (Wildman–Crippen MR) is 62.5 cm³/mol. The molecule has 1 aromatic rings. The van der Waals surface area contributed by atoms with E-state index in [1.54, 1.807) is 20.3 Å². The first-order valence-corrected chi connectivity index (χ1v) is 5.27. The maximum atomic E-state index is 5.66. The number of methoxy groups -OCH3 is 2. The third-order valence-electron chi connectivity index (χ3n) is 2.90. The van der Waals surface area contributed by atoms with E-state index in [4.69, 9.17) is 15.2 Å². The van der Waals surface area contributed by atoms with Crippen LogP contribution in [0.25, 0.3) is 0 Å². The Morgan fingerprint density at radius 3 is 2.38 bits per heavy atom. The average molecular weight is 223 g/mol. The lowest BCUT2D eigenvalue weighted by Gasteiger charge is -2.16. The van der Waals surface area contributed by atoms with Crippen LogP contribution in [0.5, 0.6) is 0 Å². The van der Waals surface area contributed by atoms with Crippen LogP contribution in [0.3, 0.4) is 0 Å². The van der Waals surface area contributed by atoms with E-state index < -0.39 is 0 Å². The highest BCUT2D eigenvalue weighted by atomic mass is 16.5. The Kier molecular flexibility index (Phi) is 3.26. The van der Waals surface area contributed by atoms with Gasteiger partial charge in [0.15, 0.2) is 0 Å². The zero-order valence-electron chi connectivity index (χ0n) is 9.59. The minimum absolute atomic E-state index is 0.0910. The van der Waals surface area contributed by atoms with Gasteiger partial charge in [0.05, 0.1) is 0 Å². The van der Waals surface area contributed by atoms with E-state index in [1.807, 2.05) is 12.1 Å². The van der Waals surface area contributed by atoms with Crippen LogP contribution in [-0.4, -0.2) is 44.5 Å². The van der Waals surface area contributed by atoms with Crippen molar-refractivity contribution >= 4 is 11.6 Å². The maximum absolute atomic E-state index is 5.66. The molecule has 0 radical (unpaired) electrons. The number of pyridine rings is 1. The molecule has 0 bridgehead atoms. The van der Waals surface area contributed by atoms with E-state index in [0.717, 1.165) is 18.9 Å². The second kappa shape index (κ2) is 4.67. The van der Waals surface area contributed by atoms with Gasteiger partial charge in [0.1, 0.15) is 23.8 Å². The molecule has 0 spiro atoms. The number of nitrogen functional groups attached to an aromatic ring is 1. The molecule has 2 N–H and O–H groups in total. The Bertz CT molecular complexity index is 347. The fraction of sp³-hybridized carbons (Fsp3) is 0.545. The van der Waals surface area contributed by atoms with Crippen molar-refractivity contribution in [2.45, 2.75) is 12.2 Å². The predicted octanol–water partition coefficient (Wildman–Crippen LogP) is 0.514. The first-order chi connectivity index (χ1) is 7.74. The van der Waals surface area contributed by atoms with Gasteiger partial charge in [0.25, 0.3) is 0 Å². The van der Waals surface area contributed by atoms with Gasteiger partial charge < -0.3 is 20.1 Å². The zero-order chi connectivity index (χ0) is 11.5. The summed E-state index contributed by atoms with van der Waals surface area (Å²) in [5, 5.41) is 0. The fourth-order valence-corrected chi connectivity index (χ4v) is 2.00. The molecule has 0 saturated carbocycles. The Morgan fingerprint density at radius 2 is 1.88 bits per heavy atom. The summed E-state index contributed by atoms with van der Waals surface area (Å²) in [5.74, 6) is 1.41. The lowest BCUT2D eigenvalue weighted by molar-refractivity contribution is -0.00461. The van der Waals surface area contributed by atoms with E-state index in [-0.39, 0.29) is 12.2 Å². The van der Waals surface area contributed by atoms with Crippen LogP contribution < -0.4 is 10.6 Å². The van der Waals surface area contributed by atoms with E-state index in [2.05, 4.69) is 9.88 Å². The molecule has 0 amide bonds. The Balaban J connectivity index is 2.12. The summed E-state index contributed by atoms with van der Waals surface area (Å²) < 4.78 is 10.7. The van der Waals surface area contributed by atoms with Gasteiger partial charge in [-0.05, 0) is 12.1 Å². The van der Waals surface area contributed by atoms with Crippen molar-refractivity contribution < 1.29 is 9.47 Å². The largest absolute Gasteiger partial charge is 0.384 e. The number of anilines is 2. The molecule has 16 heavy (non-hydrogen) atoms. The average Bonchev–Trinajstić information content (AvgIpc) is 2.72. The van der Waals surface area contributed by atoms with E-state index >= 15 is 0 Å². The van der Waals surface area contributed by atoms with Crippen LogP contribution in [0.15, 0.2) is 18.2 Å². The van der Waals surface area contributed by atoms with Gasteiger partial charge >= 0.3 is 0 Å². The van der Waals surface area contributed by atoms with Crippen molar-refractivity contribution in [1.82, 2.24) is 4.98 Å². The van der Waals surface area contributed by atoms with E-state index in [1.165, 1.54) is 0 Å². The van der Waals surface area contributed by atoms with Crippen molar-refractivity contribution in [2.75, 3.05) is 37.9 Å². The van der Waals surface area contributed by atoms with Crippen LogP contribution in [0.1, 0.15) is 0 Å². The number of hydrogen-bond donors (Lipinski definition) is 1. The maximum Gasteiger partial charge on any atom is 0.131 e. The van der Waals surface area contributed by atoms with Crippen LogP contribution in [0.4, 0.5) is 11.6 Å². The number of nitrogens with two attached hydrogens (primary N) is 1. The summed E-state index contributed by atoms with van der Waals surface area (Å²) >= 11 is 0. The minimum atomic E-state index is 0.0910. The number of rotatable bonds is 3. The quantitative estimate of drug-likeness (QED) is 0.809. The molecular weight excluding hydrogens is 206 g/mol. The van der Waals surface area contributed by atoms with Crippen molar-refractivity contribution in [1.29, 1.82) is 0 Å². The third-order valence-corrected chi connectivity index (χ3v) is 2.90. The topological polar surface area (TPSA) is 60.6 Å². The molecular formula is C11H17N3O2. The summed E-state index contributed by atoms with van der Waals surface area (Å²) in [6.07, 6.45) is 0.182. The van der Waals surface area contributed by atoms with Gasteiger partial charge in [-0.25, -0.2) is 4.98 Å². The van der Waals surface area contributed by atoms with Crippen LogP contribution in [-0.2, 0) is 9.47 Å². The normalized spacial score (nSPS) is 25.0. The van der Waals surface area contributed by atoms with E-state index in [0.29, 0.717) is 5.82 Å². The minimum Gasteiger partial charge on any atom is -0.384 e. The smallest absolute Gasteiger partial charge is 0.131 e. The van der Waals surface area contributed by atoms with Crippen LogP contribution >= 0.6 is 0 Å². The highest BCUT2D eigenvalue weighted by molar-refractivity contribution is 5.46. The second-order valence-corrected chi connectivity index (χ2v) is 3.87. The SMILES string of the molecule is COC1CN(c2cccc(N)n2)CC1OC. The highest BCUT2D eigenvalue weighted by Gasteiger charge is 2.33. The number of aromatic nitrogens is 1. The molecule has 5 heteroatoms. The molecule has 1 aromatic heterocycles. The number of hydrogen-bond acceptors (Lipinski definition) is 5. The molecule has 1 aliphatic heterocycles. The molecule has 1 aliphatic rings. The van der Waals surface area contributed by atoms with Crippen molar-refractivity contribution in [2.24, 2.45) is 0 Å². The zero-order valence-corrected chi connectivity index (χ0v) is 9.59. The summed E-state index contributed by atoms with van der Waals surface area (Å²) in [7, 11) is 3.40. The first-order valence-electron chi connectivity index (χ1n) is 5.27. The molecule has 2 rings (SSSR count). The van der Waals surface area contributed by atoms with Gasteiger partial charge in [0, 0.05) is 27.3 Å². The van der Waals surface area contributed by atoms with Gasteiger partial charge in [-0.1, -0.05) is 6.07 Å². The van der Waals surface area contributed by atoms with Gasteiger partial charge in [0.2, 0.25) is 0 Å². The second-order valence-electron chi connectivity index (χ2n) is 3.87. The van der Waals surface area contributed by atoms with Gasteiger partial charge in [-0.2, -0.15) is 0 Å². The van der Waals surface area contributed by atoms with Crippen molar-refractivity contribution in [3.8, 4) is 0 Å². The molecule has 2 heterocycles. The standard InChI is InChI=1S/C11H17N3O2/c1-15-8-6-14(7-9(8)16-2)11-5-3-4-10(12)13-11/h3-5,8-9H,6-7H2,1-2H3,(H2,12,13). The van der Waals surface area contributed by atoms with Crippen molar-refractivity contribution in [3.63, 3.8) is 0 Å². The third kappa shape index (κ3) is 2.10. The molecule has 0 aromatic carbocycles. The molecule has 2 atom stereocenters. The van der Waals surface area contributed by atoms with E-state index in [9.17, 15) is 0 Å². The molecule has 2 unspecified atom stereocenters. The lowest BCUT2D eigenvalue weighted by atomic mass is 10.3. The van der Waals surface area contributed by atoms with Crippen LogP contribution in [0.2, 0.25) is 0 Å². The van der Waals surface area contributed by atoms with Crippen LogP contribution in [0, 0.1) is 0 Å². The lowest BCUT2D eigenvalue weighted by Crippen LogP contribution is -2.27. The summed E-state index contributed by atoms with van der Waals surface area (Å²) in [4.78, 5) is 6.41. The Hall–Kier alpha value is -1.33. The van der Waals surface area contributed by atoms with Crippen molar-refractivity contribution in [3.05, 3.63) is 18.2 Å². The first kappa shape index (κ1) is 11.2. The summed E-state index contributed by atoms with van der Waals surface area (Å²) in [6, 6.07) is 5.63. The number of nitrogens with zero attached hydrogens (tertiary/aromatic N) is 2.